The number of rotatable bonds is 10. The molecule has 0 atom stereocenters. The quantitative estimate of drug-likeness (QED) is 0.250. The van der Waals surface area contributed by atoms with Crippen molar-refractivity contribution in [3.63, 3.8) is 0 Å². The number of fused-ring (bicyclic) bond motifs is 1. The van der Waals surface area contributed by atoms with Crippen molar-refractivity contribution in [1.82, 2.24) is 14.3 Å². The van der Waals surface area contributed by atoms with Crippen LogP contribution in [0.15, 0.2) is 36.4 Å². The molecule has 0 aliphatic heterocycles. The molecule has 0 unspecified atom stereocenters. The zero-order valence-electron chi connectivity index (χ0n) is 23.0. The molecule has 10 heteroatoms. The summed E-state index contributed by atoms with van der Waals surface area (Å²) in [5, 5.41) is 6.03. The van der Waals surface area contributed by atoms with Gasteiger partial charge in [-0.15, -0.1) is 0 Å². The normalized spacial score (nSPS) is 11.2. The maximum Gasteiger partial charge on any atom is 0.354 e. The van der Waals surface area contributed by atoms with Crippen molar-refractivity contribution in [2.24, 2.45) is 14.1 Å². The van der Waals surface area contributed by atoms with Crippen molar-refractivity contribution in [3.8, 4) is 16.9 Å². The van der Waals surface area contributed by atoms with Crippen LogP contribution >= 0.6 is 11.6 Å². The third-order valence-corrected chi connectivity index (χ3v) is 7.23. The summed E-state index contributed by atoms with van der Waals surface area (Å²) in [5.74, 6) is -0.0815. The highest BCUT2D eigenvalue weighted by molar-refractivity contribution is 6.35. The number of ether oxygens (including phenoxy) is 4. The molecular weight excluding hydrogens is 522 g/mol. The standard InChI is InChI=1S/C29H32ClN3O6/c1-17-25(23(31-33(17)3)16-39-15-18-7-9-19(36-4)10-8-18)26-22(30)13-11-20-21(12-14-24(34)37-5)28(29(35)38-6)32(2)27(20)26/h7-11,13H,12,14-16H2,1-6H3. The van der Waals surface area contributed by atoms with E-state index in [2.05, 4.69) is 0 Å². The van der Waals surface area contributed by atoms with E-state index in [4.69, 9.17) is 35.6 Å². The summed E-state index contributed by atoms with van der Waals surface area (Å²) < 4.78 is 24.8. The highest BCUT2D eigenvalue weighted by Gasteiger charge is 2.28. The van der Waals surface area contributed by atoms with Crippen molar-refractivity contribution in [1.29, 1.82) is 0 Å². The number of halogens is 1. The van der Waals surface area contributed by atoms with Gasteiger partial charge >= 0.3 is 11.9 Å². The second kappa shape index (κ2) is 11.9. The molecule has 4 aromatic rings. The SMILES string of the molecule is COC(=O)CCc1c(C(=O)OC)n(C)c2c(-c3c(COCc4ccc(OC)cc4)nn(C)c3C)c(Cl)ccc12. The molecule has 4 rings (SSSR count). The fourth-order valence-electron chi connectivity index (χ4n) is 4.87. The molecule has 0 aliphatic rings. The second-order valence-electron chi connectivity index (χ2n) is 9.14. The van der Waals surface area contributed by atoms with Gasteiger partial charge < -0.3 is 23.5 Å². The molecule has 0 saturated heterocycles. The van der Waals surface area contributed by atoms with Crippen LogP contribution in [-0.2, 0) is 52.7 Å². The Morgan fingerprint density at radius 2 is 1.67 bits per heavy atom. The first-order chi connectivity index (χ1) is 18.7. The Morgan fingerprint density at radius 3 is 2.31 bits per heavy atom. The first kappa shape index (κ1) is 28.2. The van der Waals surface area contributed by atoms with Crippen molar-refractivity contribution >= 4 is 34.4 Å². The number of aryl methyl sites for hydroxylation is 3. The number of aromatic nitrogens is 3. The van der Waals surface area contributed by atoms with Crippen LogP contribution in [0.25, 0.3) is 22.0 Å². The lowest BCUT2D eigenvalue weighted by atomic mass is 9.98. The Hall–Kier alpha value is -3.82. The Balaban J connectivity index is 1.80. The Labute approximate surface area is 232 Å². The number of carbonyl (C=O) groups excluding carboxylic acids is 2. The number of hydrogen-bond acceptors (Lipinski definition) is 7. The number of benzene rings is 2. The van der Waals surface area contributed by atoms with Crippen LogP contribution < -0.4 is 4.74 Å². The van der Waals surface area contributed by atoms with E-state index in [1.165, 1.54) is 14.2 Å². The van der Waals surface area contributed by atoms with E-state index < -0.39 is 5.97 Å². The fourth-order valence-corrected chi connectivity index (χ4v) is 5.11. The van der Waals surface area contributed by atoms with Crippen LogP contribution in [-0.4, -0.2) is 47.6 Å². The van der Waals surface area contributed by atoms with Gasteiger partial charge in [0.05, 0.1) is 50.8 Å². The third-order valence-electron chi connectivity index (χ3n) is 6.92. The van der Waals surface area contributed by atoms with Crippen molar-refractivity contribution < 1.29 is 28.5 Å². The minimum Gasteiger partial charge on any atom is -0.497 e. The van der Waals surface area contributed by atoms with E-state index in [0.29, 0.717) is 29.3 Å². The monoisotopic (exact) mass is 553 g/mol. The molecular formula is C29H32ClN3O6. The lowest BCUT2D eigenvalue weighted by Gasteiger charge is -2.12. The molecule has 0 fully saturated rings. The average Bonchev–Trinajstić information content (AvgIpc) is 3.38. The minimum absolute atomic E-state index is 0.119. The number of esters is 2. The van der Waals surface area contributed by atoms with Gasteiger partial charge in [-0.1, -0.05) is 29.8 Å². The topological polar surface area (TPSA) is 93.8 Å². The summed E-state index contributed by atoms with van der Waals surface area (Å²) in [6.45, 7) is 2.61. The van der Waals surface area contributed by atoms with E-state index in [-0.39, 0.29) is 19.0 Å². The minimum atomic E-state index is -0.499. The molecule has 206 valence electrons. The second-order valence-corrected chi connectivity index (χ2v) is 9.55. The van der Waals surface area contributed by atoms with Crippen LogP contribution in [0, 0.1) is 6.92 Å². The van der Waals surface area contributed by atoms with Crippen LogP contribution in [0.4, 0.5) is 0 Å². The van der Waals surface area contributed by atoms with Crippen LogP contribution in [0.3, 0.4) is 0 Å². The third kappa shape index (κ3) is 5.51. The molecule has 9 nitrogen and oxygen atoms in total. The summed E-state index contributed by atoms with van der Waals surface area (Å²) in [7, 11) is 7.97. The number of nitrogens with zero attached hydrogens (tertiary/aromatic N) is 3. The summed E-state index contributed by atoms with van der Waals surface area (Å²) >= 11 is 6.85. The van der Waals surface area contributed by atoms with E-state index >= 15 is 0 Å². The van der Waals surface area contributed by atoms with Gasteiger partial charge in [0, 0.05) is 42.7 Å². The maximum absolute atomic E-state index is 12.9. The lowest BCUT2D eigenvalue weighted by molar-refractivity contribution is -0.140. The zero-order valence-corrected chi connectivity index (χ0v) is 23.7. The average molecular weight is 554 g/mol. The van der Waals surface area contributed by atoms with E-state index in [1.54, 1.807) is 29.5 Å². The van der Waals surface area contributed by atoms with Crippen LogP contribution in [0.5, 0.6) is 5.75 Å². The molecule has 0 amide bonds. The number of hydrogen-bond donors (Lipinski definition) is 0. The molecule has 2 aromatic heterocycles. The summed E-state index contributed by atoms with van der Waals surface area (Å²) in [6, 6.07) is 11.4. The van der Waals surface area contributed by atoms with Crippen molar-refractivity contribution in [3.05, 3.63) is 69.6 Å². The van der Waals surface area contributed by atoms with E-state index in [0.717, 1.165) is 44.7 Å². The number of carbonyl (C=O) groups is 2. The lowest BCUT2D eigenvalue weighted by Crippen LogP contribution is -2.11. The molecule has 0 spiro atoms. The van der Waals surface area contributed by atoms with E-state index in [1.807, 2.05) is 44.3 Å². The van der Waals surface area contributed by atoms with Gasteiger partial charge in [-0.2, -0.15) is 5.10 Å². The first-order valence-electron chi connectivity index (χ1n) is 12.4. The summed E-state index contributed by atoms with van der Waals surface area (Å²) in [4.78, 5) is 24.8. The Kier molecular flexibility index (Phi) is 8.62. The molecule has 0 N–H and O–H groups in total. The highest BCUT2D eigenvalue weighted by atomic mass is 35.5. The van der Waals surface area contributed by atoms with Crippen molar-refractivity contribution in [2.75, 3.05) is 21.3 Å². The Morgan fingerprint density at radius 1 is 0.949 bits per heavy atom. The molecule has 0 radical (unpaired) electrons. The predicted octanol–water partition coefficient (Wildman–Crippen LogP) is 5.16. The molecule has 39 heavy (non-hydrogen) atoms. The fraction of sp³-hybridized carbons (Fsp3) is 0.345. The van der Waals surface area contributed by atoms with Gasteiger partial charge in [0.2, 0.25) is 0 Å². The molecule has 2 heterocycles. The zero-order chi connectivity index (χ0) is 28.3. The molecule has 0 saturated carbocycles. The Bertz CT molecular complexity index is 1520. The molecule has 2 aromatic carbocycles. The van der Waals surface area contributed by atoms with Gasteiger partial charge in [0.25, 0.3) is 0 Å². The summed E-state index contributed by atoms with van der Waals surface area (Å²) in [5.41, 5.74) is 5.99. The highest BCUT2D eigenvalue weighted by Crippen LogP contribution is 2.42. The molecule has 0 bridgehead atoms. The first-order valence-corrected chi connectivity index (χ1v) is 12.8. The maximum atomic E-state index is 12.9. The van der Waals surface area contributed by atoms with Gasteiger partial charge in [-0.25, -0.2) is 4.79 Å². The van der Waals surface area contributed by atoms with Gasteiger partial charge in [0.15, 0.2) is 0 Å². The van der Waals surface area contributed by atoms with Crippen LogP contribution in [0.1, 0.15) is 39.4 Å². The van der Waals surface area contributed by atoms with E-state index in [9.17, 15) is 9.59 Å². The van der Waals surface area contributed by atoms with Gasteiger partial charge in [0.1, 0.15) is 11.4 Å². The number of methoxy groups -OCH3 is 3. The van der Waals surface area contributed by atoms with Crippen LogP contribution in [0.2, 0.25) is 5.02 Å². The van der Waals surface area contributed by atoms with Crippen molar-refractivity contribution in [2.45, 2.75) is 33.0 Å². The predicted molar refractivity (Wildman–Crippen MR) is 148 cm³/mol. The summed E-state index contributed by atoms with van der Waals surface area (Å²) in [6.07, 6.45) is 0.424. The van der Waals surface area contributed by atoms with Gasteiger partial charge in [-0.05, 0) is 42.7 Å². The molecule has 0 aliphatic carbocycles. The smallest absolute Gasteiger partial charge is 0.354 e. The van der Waals surface area contributed by atoms with Gasteiger partial charge in [-0.3, -0.25) is 9.48 Å². The largest absolute Gasteiger partial charge is 0.497 e.